The van der Waals surface area contributed by atoms with Crippen molar-refractivity contribution in [3.63, 3.8) is 0 Å². The lowest BCUT2D eigenvalue weighted by Crippen LogP contribution is -2.20. The number of rotatable bonds is 5. The molecule has 5 heteroatoms. The van der Waals surface area contributed by atoms with Crippen LogP contribution in [0.15, 0.2) is 53.0 Å². The molecule has 1 aliphatic rings. The van der Waals surface area contributed by atoms with Crippen LogP contribution in [0.5, 0.6) is 0 Å². The van der Waals surface area contributed by atoms with Crippen molar-refractivity contribution in [2.75, 3.05) is 11.9 Å². The average molecular weight is 400 g/mol. The molecule has 1 amide bonds. The molecule has 0 fully saturated rings. The highest BCUT2D eigenvalue weighted by atomic mass is 79.9. The minimum Gasteiger partial charge on any atom is -0.452 e. The zero-order chi connectivity index (χ0) is 17.6. The SMILES string of the molecule is O=C(COC(=O)/C=C/c1cccc(Br)c1)Nc1ccc2c(c1)CCC2. The summed E-state index contributed by atoms with van der Waals surface area (Å²) in [6, 6.07) is 13.5. The van der Waals surface area contributed by atoms with Gasteiger partial charge < -0.3 is 10.1 Å². The minimum absolute atomic E-state index is 0.307. The first kappa shape index (κ1) is 17.4. The molecule has 0 unspecified atom stereocenters. The summed E-state index contributed by atoms with van der Waals surface area (Å²) in [6.45, 7) is -0.307. The fourth-order valence-corrected chi connectivity index (χ4v) is 3.22. The predicted molar refractivity (Wildman–Crippen MR) is 101 cm³/mol. The Labute approximate surface area is 155 Å². The molecule has 2 aromatic rings. The quantitative estimate of drug-likeness (QED) is 0.607. The molecular weight excluding hydrogens is 382 g/mol. The van der Waals surface area contributed by atoms with E-state index in [0.717, 1.165) is 35.0 Å². The number of anilines is 1. The number of carbonyl (C=O) groups is 2. The summed E-state index contributed by atoms with van der Waals surface area (Å²) in [6.07, 6.45) is 6.27. The summed E-state index contributed by atoms with van der Waals surface area (Å²) in [4.78, 5) is 23.6. The summed E-state index contributed by atoms with van der Waals surface area (Å²) in [5.74, 6) is -0.897. The molecule has 25 heavy (non-hydrogen) atoms. The highest BCUT2D eigenvalue weighted by Crippen LogP contribution is 2.24. The third-order valence-corrected chi connectivity index (χ3v) is 4.48. The Morgan fingerprint density at radius 1 is 1.12 bits per heavy atom. The maximum atomic E-state index is 11.9. The standard InChI is InChI=1S/C20H18BrNO3/c21-17-6-1-3-14(11-17)7-10-20(24)25-13-19(23)22-18-9-8-15-4-2-5-16(15)12-18/h1,3,6-12H,2,4-5,13H2,(H,22,23)/b10-7+. The van der Waals surface area contributed by atoms with Crippen LogP contribution in [0.3, 0.4) is 0 Å². The maximum absolute atomic E-state index is 11.9. The third kappa shape index (κ3) is 5.03. The van der Waals surface area contributed by atoms with Crippen molar-refractivity contribution < 1.29 is 14.3 Å². The fourth-order valence-electron chi connectivity index (χ4n) is 2.81. The van der Waals surface area contributed by atoms with Crippen LogP contribution in [0.4, 0.5) is 5.69 Å². The molecule has 2 aromatic carbocycles. The van der Waals surface area contributed by atoms with Crippen LogP contribution in [0.2, 0.25) is 0 Å². The van der Waals surface area contributed by atoms with Gasteiger partial charge in [-0.1, -0.05) is 34.1 Å². The Hall–Kier alpha value is -2.40. The predicted octanol–water partition coefficient (Wildman–Crippen LogP) is 4.13. The molecule has 1 N–H and O–H groups in total. The molecule has 128 valence electrons. The van der Waals surface area contributed by atoms with E-state index in [0.29, 0.717) is 0 Å². The minimum atomic E-state index is -0.552. The van der Waals surface area contributed by atoms with E-state index in [1.54, 1.807) is 6.08 Å². The van der Waals surface area contributed by atoms with Crippen molar-refractivity contribution in [1.82, 2.24) is 0 Å². The van der Waals surface area contributed by atoms with Crippen LogP contribution >= 0.6 is 15.9 Å². The molecule has 0 aromatic heterocycles. The zero-order valence-corrected chi connectivity index (χ0v) is 15.2. The first-order chi connectivity index (χ1) is 12.1. The van der Waals surface area contributed by atoms with Gasteiger partial charge in [0.1, 0.15) is 0 Å². The van der Waals surface area contributed by atoms with Crippen LogP contribution in [-0.4, -0.2) is 18.5 Å². The second kappa shape index (κ2) is 8.12. The second-order valence-corrected chi connectivity index (χ2v) is 6.80. The lowest BCUT2D eigenvalue weighted by Gasteiger charge is -2.07. The lowest BCUT2D eigenvalue weighted by molar-refractivity contribution is -0.142. The Morgan fingerprint density at radius 3 is 2.80 bits per heavy atom. The zero-order valence-electron chi connectivity index (χ0n) is 13.6. The molecule has 0 saturated heterocycles. The second-order valence-electron chi connectivity index (χ2n) is 5.88. The number of ether oxygens (including phenoxy) is 1. The molecule has 0 aliphatic heterocycles. The van der Waals surface area contributed by atoms with Crippen LogP contribution in [0.1, 0.15) is 23.1 Å². The molecule has 0 atom stereocenters. The van der Waals surface area contributed by atoms with Crippen molar-refractivity contribution in [3.05, 3.63) is 69.7 Å². The largest absolute Gasteiger partial charge is 0.452 e. The Kier molecular flexibility index (Phi) is 5.66. The van der Waals surface area contributed by atoms with E-state index in [9.17, 15) is 9.59 Å². The molecule has 3 rings (SSSR count). The topological polar surface area (TPSA) is 55.4 Å². The van der Waals surface area contributed by atoms with Gasteiger partial charge in [0, 0.05) is 16.2 Å². The number of fused-ring (bicyclic) bond motifs is 1. The molecule has 0 heterocycles. The Bertz CT molecular complexity index is 829. The van der Waals surface area contributed by atoms with Gasteiger partial charge in [-0.2, -0.15) is 0 Å². The van der Waals surface area contributed by atoms with Gasteiger partial charge in [-0.05, 0) is 66.3 Å². The number of carbonyl (C=O) groups excluding carboxylic acids is 2. The van der Waals surface area contributed by atoms with Gasteiger partial charge in [-0.15, -0.1) is 0 Å². The number of hydrogen-bond acceptors (Lipinski definition) is 3. The summed E-state index contributed by atoms with van der Waals surface area (Å²) in [5, 5.41) is 2.76. The number of nitrogens with one attached hydrogen (secondary N) is 1. The number of esters is 1. The van der Waals surface area contributed by atoms with Crippen LogP contribution in [0.25, 0.3) is 6.08 Å². The number of benzene rings is 2. The highest BCUT2D eigenvalue weighted by Gasteiger charge is 2.12. The summed E-state index contributed by atoms with van der Waals surface area (Å²) in [5.41, 5.74) is 4.24. The van der Waals surface area contributed by atoms with Crippen molar-refractivity contribution in [3.8, 4) is 0 Å². The van der Waals surface area contributed by atoms with E-state index in [1.165, 1.54) is 17.2 Å². The molecule has 1 aliphatic carbocycles. The van der Waals surface area contributed by atoms with Crippen LogP contribution < -0.4 is 5.32 Å². The van der Waals surface area contributed by atoms with Crippen LogP contribution in [0, 0.1) is 0 Å². The van der Waals surface area contributed by atoms with E-state index >= 15 is 0 Å². The highest BCUT2D eigenvalue weighted by molar-refractivity contribution is 9.10. The summed E-state index contributed by atoms with van der Waals surface area (Å²) in [7, 11) is 0. The van der Waals surface area contributed by atoms with Gasteiger partial charge in [0.2, 0.25) is 0 Å². The monoisotopic (exact) mass is 399 g/mol. The smallest absolute Gasteiger partial charge is 0.331 e. The molecular formula is C20H18BrNO3. The molecule has 0 saturated carbocycles. The number of amides is 1. The average Bonchev–Trinajstić information content (AvgIpc) is 3.06. The van der Waals surface area contributed by atoms with E-state index in [1.807, 2.05) is 42.5 Å². The molecule has 0 radical (unpaired) electrons. The Morgan fingerprint density at radius 2 is 1.96 bits per heavy atom. The van der Waals surface area contributed by atoms with Crippen molar-refractivity contribution in [1.29, 1.82) is 0 Å². The van der Waals surface area contributed by atoms with E-state index in [2.05, 4.69) is 21.2 Å². The summed E-state index contributed by atoms with van der Waals surface area (Å²) < 4.78 is 5.90. The van der Waals surface area contributed by atoms with Gasteiger partial charge in [-0.25, -0.2) is 4.79 Å². The number of halogens is 1. The van der Waals surface area contributed by atoms with E-state index in [-0.39, 0.29) is 12.5 Å². The normalized spacial score (nSPS) is 12.8. The van der Waals surface area contributed by atoms with Gasteiger partial charge in [-0.3, -0.25) is 4.79 Å². The Balaban J connectivity index is 1.48. The van der Waals surface area contributed by atoms with Gasteiger partial charge in [0.25, 0.3) is 5.91 Å². The summed E-state index contributed by atoms with van der Waals surface area (Å²) >= 11 is 3.37. The third-order valence-electron chi connectivity index (χ3n) is 3.99. The number of aryl methyl sites for hydroxylation is 2. The maximum Gasteiger partial charge on any atom is 0.331 e. The number of hydrogen-bond donors (Lipinski definition) is 1. The first-order valence-corrected chi connectivity index (χ1v) is 8.91. The van der Waals surface area contributed by atoms with Gasteiger partial charge >= 0.3 is 5.97 Å². The van der Waals surface area contributed by atoms with Crippen molar-refractivity contribution in [2.45, 2.75) is 19.3 Å². The van der Waals surface area contributed by atoms with E-state index in [4.69, 9.17) is 4.74 Å². The van der Waals surface area contributed by atoms with E-state index < -0.39 is 5.97 Å². The first-order valence-electron chi connectivity index (χ1n) is 8.12. The van der Waals surface area contributed by atoms with Crippen LogP contribution in [-0.2, 0) is 27.2 Å². The van der Waals surface area contributed by atoms with Gasteiger partial charge in [0.15, 0.2) is 6.61 Å². The van der Waals surface area contributed by atoms with Gasteiger partial charge in [0.05, 0.1) is 0 Å². The molecule has 0 spiro atoms. The molecule has 0 bridgehead atoms. The van der Waals surface area contributed by atoms with Crippen molar-refractivity contribution >= 4 is 39.6 Å². The molecule has 4 nitrogen and oxygen atoms in total. The van der Waals surface area contributed by atoms with Crippen molar-refractivity contribution in [2.24, 2.45) is 0 Å². The fraction of sp³-hybridized carbons (Fsp3) is 0.200. The lowest BCUT2D eigenvalue weighted by atomic mass is 10.1.